The second kappa shape index (κ2) is 5.64. The number of rotatable bonds is 2. The second-order valence-electron chi connectivity index (χ2n) is 5.59. The molecule has 5 heteroatoms. The van der Waals surface area contributed by atoms with Gasteiger partial charge in [0, 0.05) is 18.4 Å². The van der Waals surface area contributed by atoms with Crippen molar-refractivity contribution in [1.29, 1.82) is 0 Å². The molecule has 1 N–H and O–H groups in total. The number of ether oxygens (including phenoxy) is 1. The summed E-state index contributed by atoms with van der Waals surface area (Å²) in [5, 5.41) is 4.16. The van der Waals surface area contributed by atoms with Crippen molar-refractivity contribution in [3.63, 3.8) is 0 Å². The van der Waals surface area contributed by atoms with Crippen LogP contribution in [0.5, 0.6) is 5.75 Å². The molecule has 0 bridgehead atoms. The molecule has 3 rings (SSSR count). The van der Waals surface area contributed by atoms with Crippen LogP contribution >= 0.6 is 11.8 Å². The van der Waals surface area contributed by atoms with Crippen molar-refractivity contribution < 1.29 is 9.13 Å². The Morgan fingerprint density at radius 3 is 2.80 bits per heavy atom. The predicted octanol–water partition coefficient (Wildman–Crippen LogP) is 3.91. The summed E-state index contributed by atoms with van der Waals surface area (Å²) >= 11 is 1.77. The maximum absolute atomic E-state index is 13.2. The van der Waals surface area contributed by atoms with E-state index in [-0.39, 0.29) is 5.82 Å². The largest absolute Gasteiger partial charge is 0.494 e. The summed E-state index contributed by atoms with van der Waals surface area (Å²) in [4.78, 5) is 4.68. The molecule has 1 saturated carbocycles. The maximum Gasteiger partial charge on any atom is 0.161 e. The van der Waals surface area contributed by atoms with Gasteiger partial charge in [-0.3, -0.25) is 4.99 Å². The van der Waals surface area contributed by atoms with Gasteiger partial charge < -0.3 is 10.1 Å². The van der Waals surface area contributed by atoms with E-state index in [1.165, 1.54) is 37.8 Å². The van der Waals surface area contributed by atoms with E-state index >= 15 is 0 Å². The smallest absolute Gasteiger partial charge is 0.161 e. The number of nitrogens with zero attached hydrogens (tertiary/aromatic N) is 1. The van der Waals surface area contributed by atoms with E-state index in [9.17, 15) is 4.39 Å². The number of halogens is 1. The zero-order chi connectivity index (χ0) is 14.0. The molecule has 1 spiro atoms. The van der Waals surface area contributed by atoms with Gasteiger partial charge >= 0.3 is 0 Å². The van der Waals surface area contributed by atoms with Crippen molar-refractivity contribution in [3.05, 3.63) is 24.0 Å². The van der Waals surface area contributed by atoms with Gasteiger partial charge in [0.2, 0.25) is 0 Å². The minimum Gasteiger partial charge on any atom is -0.494 e. The summed E-state index contributed by atoms with van der Waals surface area (Å²) in [5.41, 5.74) is 1.20. The van der Waals surface area contributed by atoms with Crippen LogP contribution in [-0.4, -0.2) is 24.6 Å². The van der Waals surface area contributed by atoms with E-state index in [4.69, 9.17) is 4.74 Å². The van der Waals surface area contributed by atoms with Crippen molar-refractivity contribution in [2.75, 3.05) is 24.7 Å². The Morgan fingerprint density at radius 1 is 1.35 bits per heavy atom. The number of aliphatic imine (C=N–C) groups is 1. The summed E-state index contributed by atoms with van der Waals surface area (Å²) in [6, 6.07) is 4.50. The molecule has 1 aliphatic heterocycles. The molecule has 0 atom stereocenters. The minimum atomic E-state index is -0.296. The van der Waals surface area contributed by atoms with Gasteiger partial charge in [-0.05, 0) is 30.4 Å². The van der Waals surface area contributed by atoms with E-state index in [1.54, 1.807) is 24.9 Å². The molecule has 0 amide bonds. The monoisotopic (exact) mass is 294 g/mol. The molecule has 20 heavy (non-hydrogen) atoms. The summed E-state index contributed by atoms with van der Waals surface area (Å²) in [7, 11) is 1.54. The number of hydrogen-bond donors (Lipinski definition) is 1. The van der Waals surface area contributed by atoms with Crippen LogP contribution in [0, 0.1) is 11.2 Å². The van der Waals surface area contributed by atoms with Crippen LogP contribution in [0.15, 0.2) is 23.2 Å². The van der Waals surface area contributed by atoms with E-state index < -0.39 is 0 Å². The van der Waals surface area contributed by atoms with E-state index in [1.807, 2.05) is 0 Å². The average Bonchev–Trinajstić information content (AvgIpc) is 2.92. The molecular weight excluding hydrogens is 275 g/mol. The highest BCUT2D eigenvalue weighted by molar-refractivity contribution is 8.14. The molecule has 1 heterocycles. The normalized spacial score (nSPS) is 20.8. The number of hydrogen-bond acceptors (Lipinski definition) is 4. The van der Waals surface area contributed by atoms with Crippen LogP contribution in [0.2, 0.25) is 0 Å². The number of benzene rings is 1. The van der Waals surface area contributed by atoms with Crippen LogP contribution in [-0.2, 0) is 0 Å². The summed E-state index contributed by atoms with van der Waals surface area (Å²) in [5.74, 6) is 1.34. The van der Waals surface area contributed by atoms with Crippen LogP contribution in [0.25, 0.3) is 0 Å². The van der Waals surface area contributed by atoms with Crippen molar-refractivity contribution in [1.82, 2.24) is 0 Å². The first kappa shape index (κ1) is 13.7. The Labute approximate surface area is 123 Å². The zero-order valence-corrected chi connectivity index (χ0v) is 12.4. The van der Waals surface area contributed by atoms with Crippen molar-refractivity contribution >= 4 is 22.6 Å². The molecule has 0 unspecified atom stereocenters. The molecule has 1 fully saturated rings. The third kappa shape index (κ3) is 2.77. The number of amidine groups is 1. The Bertz CT molecular complexity index is 527. The second-order valence-corrected chi connectivity index (χ2v) is 6.55. The lowest BCUT2D eigenvalue weighted by molar-refractivity contribution is 0.359. The van der Waals surface area contributed by atoms with Gasteiger partial charge in [0.25, 0.3) is 0 Å². The third-order valence-electron chi connectivity index (χ3n) is 4.14. The molecule has 108 valence electrons. The standard InChI is InChI=1S/C15H19FN2OS/c1-19-13-8-11(16)4-5-12(13)18-14-17-9-15(10-20-14)6-2-3-7-15/h4-5,8H,2-3,6-7,9-10H2,1H3,(H,17,18). The molecule has 1 aromatic rings. The van der Waals surface area contributed by atoms with Gasteiger partial charge in [0.1, 0.15) is 11.6 Å². The molecule has 0 aromatic heterocycles. The molecule has 3 nitrogen and oxygen atoms in total. The summed E-state index contributed by atoms with van der Waals surface area (Å²) < 4.78 is 18.4. The third-order valence-corrected chi connectivity index (χ3v) is 5.40. The van der Waals surface area contributed by atoms with Crippen molar-refractivity contribution in [3.8, 4) is 5.75 Å². The Balaban J connectivity index is 1.71. The fraction of sp³-hybridized carbons (Fsp3) is 0.533. The molecule has 2 aliphatic rings. The number of nitrogens with one attached hydrogen (secondary N) is 1. The highest BCUT2D eigenvalue weighted by Crippen LogP contribution is 2.43. The van der Waals surface area contributed by atoms with Crippen molar-refractivity contribution in [2.24, 2.45) is 10.4 Å². The van der Waals surface area contributed by atoms with Gasteiger partial charge in [-0.15, -0.1) is 0 Å². The zero-order valence-electron chi connectivity index (χ0n) is 11.6. The molecule has 1 aromatic carbocycles. The lowest BCUT2D eigenvalue weighted by Gasteiger charge is -2.31. The Morgan fingerprint density at radius 2 is 2.15 bits per heavy atom. The topological polar surface area (TPSA) is 33.6 Å². The van der Waals surface area contributed by atoms with Gasteiger partial charge in [-0.2, -0.15) is 0 Å². The first-order chi connectivity index (χ1) is 9.71. The summed E-state index contributed by atoms with van der Waals surface area (Å²) in [6.45, 7) is 0.909. The van der Waals surface area contributed by atoms with Gasteiger partial charge in [0.15, 0.2) is 5.17 Å². The fourth-order valence-corrected chi connectivity index (χ4v) is 4.10. The van der Waals surface area contributed by atoms with E-state index in [2.05, 4.69) is 10.3 Å². The first-order valence-electron chi connectivity index (χ1n) is 6.99. The number of methoxy groups -OCH3 is 1. The fourth-order valence-electron chi connectivity index (χ4n) is 2.94. The van der Waals surface area contributed by atoms with E-state index in [0.29, 0.717) is 11.2 Å². The molecule has 0 saturated heterocycles. The molecule has 1 aliphatic carbocycles. The van der Waals surface area contributed by atoms with Gasteiger partial charge in [-0.1, -0.05) is 24.6 Å². The van der Waals surface area contributed by atoms with Gasteiger partial charge in [0.05, 0.1) is 12.8 Å². The van der Waals surface area contributed by atoms with Crippen LogP contribution < -0.4 is 10.1 Å². The first-order valence-corrected chi connectivity index (χ1v) is 7.97. The van der Waals surface area contributed by atoms with Gasteiger partial charge in [-0.25, -0.2) is 4.39 Å². The predicted molar refractivity (Wildman–Crippen MR) is 82.2 cm³/mol. The number of thioether (sulfide) groups is 1. The SMILES string of the molecule is COc1cc(F)ccc1NC1=NCC2(CCCC2)CS1. The highest BCUT2D eigenvalue weighted by atomic mass is 32.2. The van der Waals surface area contributed by atoms with Crippen molar-refractivity contribution in [2.45, 2.75) is 25.7 Å². The quantitative estimate of drug-likeness (QED) is 0.898. The average molecular weight is 294 g/mol. The Hall–Kier alpha value is -1.23. The Kier molecular flexibility index (Phi) is 3.87. The van der Waals surface area contributed by atoms with Crippen LogP contribution in [0.4, 0.5) is 10.1 Å². The summed E-state index contributed by atoms with van der Waals surface area (Å²) in [6.07, 6.45) is 5.28. The minimum absolute atomic E-state index is 0.296. The highest BCUT2D eigenvalue weighted by Gasteiger charge is 2.36. The van der Waals surface area contributed by atoms with Crippen LogP contribution in [0.3, 0.4) is 0 Å². The molecule has 0 radical (unpaired) electrons. The maximum atomic E-state index is 13.2. The molecular formula is C15H19FN2OS. The lowest BCUT2D eigenvalue weighted by atomic mass is 9.89. The van der Waals surface area contributed by atoms with Crippen LogP contribution in [0.1, 0.15) is 25.7 Å². The number of anilines is 1. The van der Waals surface area contributed by atoms with E-state index in [0.717, 1.165) is 23.2 Å². The lowest BCUT2D eigenvalue weighted by Crippen LogP contribution is -2.30.